The fraction of sp³-hybridized carbons (Fsp3) is 0.364. The molecule has 33 heteroatoms. The third-order valence-corrected chi connectivity index (χ3v) is 19.2. The molecule has 3 aliphatic heterocycles. The standard InChI is InChI=1S/C26H33FN4O7S.C21H25FN4O5S.C19H22FN3O4S/c1-5-39(35,36)30-13-17-6-8-18(9-7-17)21-11-10-19(12-22(21)27)31-16-20(37-25(31)34)14-28-23(32)15-29-24(33)38-26(2,3)4;1-2-32(29,30)25-11-14-3-5-15(6-4-14)18-8-7-16(9-19(18)22)26-13-17(31-21(26)28)12-24-20(27)10-23;1-2-28(25,26)22-11-13-3-5-14(6-4-13)17-8-7-15(9-18(17)20)23-12-16(10-21)27-19(23)24/h6-12,20,30H,5,13-16H2,1-4H3,(H,28,32)(H,29,33);3-9,17,25H,2,10-13,23H2,1H3,(H,24,27);3-9,16,22H,2,10-12,21H2,1H3/t20-;17-;16-/m000/s1. The number of amides is 6. The first-order valence-corrected chi connectivity index (χ1v) is 36.2. The Labute approximate surface area is 572 Å². The van der Waals surface area contributed by atoms with Crippen LogP contribution in [-0.2, 0) is 78.2 Å². The van der Waals surface area contributed by atoms with Gasteiger partial charge in [0.15, 0.2) is 0 Å². The second-order valence-corrected chi connectivity index (χ2v) is 29.8. The van der Waals surface area contributed by atoms with E-state index < -0.39 is 102 Å². The molecule has 3 saturated heterocycles. The van der Waals surface area contributed by atoms with E-state index in [0.717, 1.165) is 16.7 Å². The van der Waals surface area contributed by atoms with Gasteiger partial charge in [-0.2, -0.15) is 0 Å². The smallest absolute Gasteiger partial charge is 0.414 e. The van der Waals surface area contributed by atoms with Crippen molar-refractivity contribution >= 4 is 83.3 Å². The first-order chi connectivity index (χ1) is 46.8. The molecule has 3 heterocycles. The lowest BCUT2D eigenvalue weighted by atomic mass is 10.0. The molecule has 6 aromatic carbocycles. The van der Waals surface area contributed by atoms with Crippen molar-refractivity contribution in [3.05, 3.63) is 162 Å². The van der Waals surface area contributed by atoms with E-state index in [2.05, 4.69) is 30.1 Å². The Balaban J connectivity index is 0.000000212. The maximum absolute atomic E-state index is 15.0. The van der Waals surface area contributed by atoms with E-state index in [1.54, 1.807) is 151 Å². The highest BCUT2D eigenvalue weighted by Crippen LogP contribution is 2.33. The van der Waals surface area contributed by atoms with Crippen molar-refractivity contribution in [2.45, 2.75) is 85.1 Å². The number of rotatable bonds is 26. The van der Waals surface area contributed by atoms with Crippen LogP contribution in [-0.4, -0.2) is 155 Å². The van der Waals surface area contributed by atoms with Gasteiger partial charge in [-0.3, -0.25) is 24.3 Å². The van der Waals surface area contributed by atoms with E-state index >= 15 is 0 Å². The van der Waals surface area contributed by atoms with E-state index in [1.165, 1.54) is 32.9 Å². The lowest BCUT2D eigenvalue weighted by Gasteiger charge is -2.19. The van der Waals surface area contributed by atoms with Crippen molar-refractivity contribution in [1.29, 1.82) is 0 Å². The quantitative estimate of drug-likeness (QED) is 0.0271. The number of anilines is 3. The number of nitrogens with zero attached hydrogens (tertiary/aromatic N) is 3. The van der Waals surface area contributed by atoms with E-state index in [-0.39, 0.29) is 95.2 Å². The van der Waals surface area contributed by atoms with Crippen molar-refractivity contribution in [1.82, 2.24) is 30.1 Å². The number of halogens is 3. The van der Waals surface area contributed by atoms with Crippen molar-refractivity contribution in [2.24, 2.45) is 11.5 Å². The van der Waals surface area contributed by atoms with Gasteiger partial charge in [0.25, 0.3) is 0 Å². The average Bonchev–Trinajstić information content (AvgIpc) is 1.80. The molecule has 0 unspecified atom stereocenters. The number of hydrogen-bond donors (Lipinski definition) is 8. The summed E-state index contributed by atoms with van der Waals surface area (Å²) in [4.78, 5) is 75.3. The number of hydrogen-bond acceptors (Lipinski definition) is 18. The zero-order valence-electron chi connectivity index (χ0n) is 55.1. The third-order valence-electron chi connectivity index (χ3n) is 15.1. The van der Waals surface area contributed by atoms with Crippen molar-refractivity contribution in [3.8, 4) is 33.4 Å². The van der Waals surface area contributed by atoms with Gasteiger partial charge in [0.05, 0.1) is 80.1 Å². The Morgan fingerprint density at radius 3 is 1.08 bits per heavy atom. The highest BCUT2D eigenvalue weighted by atomic mass is 32.2. The van der Waals surface area contributed by atoms with Crippen LogP contribution in [0, 0.1) is 17.5 Å². The summed E-state index contributed by atoms with van der Waals surface area (Å²) in [6, 6.07) is 33.9. The van der Waals surface area contributed by atoms with E-state index in [9.17, 15) is 67.2 Å². The monoisotopic (exact) mass is 1440 g/mol. The van der Waals surface area contributed by atoms with Crippen LogP contribution in [0.4, 0.5) is 49.4 Å². The van der Waals surface area contributed by atoms with E-state index in [1.807, 2.05) is 0 Å². The molecule has 0 bridgehead atoms. The minimum absolute atomic E-state index is 0.00368. The fourth-order valence-electron chi connectivity index (χ4n) is 9.60. The maximum atomic E-state index is 15.0. The van der Waals surface area contributed by atoms with Crippen LogP contribution in [0.15, 0.2) is 127 Å². The lowest BCUT2D eigenvalue weighted by molar-refractivity contribution is -0.121. The highest BCUT2D eigenvalue weighted by molar-refractivity contribution is 7.89. The van der Waals surface area contributed by atoms with Gasteiger partial charge in [-0.1, -0.05) is 72.8 Å². The summed E-state index contributed by atoms with van der Waals surface area (Å²) in [5.41, 5.74) is 16.2. The molecule has 9 rings (SSSR count). The summed E-state index contributed by atoms with van der Waals surface area (Å²) in [5.74, 6) is -2.39. The predicted molar refractivity (Wildman–Crippen MR) is 366 cm³/mol. The maximum Gasteiger partial charge on any atom is 0.414 e. The summed E-state index contributed by atoms with van der Waals surface area (Å²) in [5, 5.41) is 7.47. The molecule has 3 fully saturated rings. The molecule has 0 aliphatic carbocycles. The van der Waals surface area contributed by atoms with Gasteiger partial charge in [-0.15, -0.1) is 0 Å². The van der Waals surface area contributed by atoms with Gasteiger partial charge >= 0.3 is 24.4 Å². The van der Waals surface area contributed by atoms with Crippen molar-refractivity contribution in [3.63, 3.8) is 0 Å². The van der Waals surface area contributed by atoms with Gasteiger partial charge in [0.1, 0.15) is 41.4 Å². The molecule has 3 atom stereocenters. The minimum atomic E-state index is -3.32. The Bertz CT molecular complexity index is 4210. The van der Waals surface area contributed by atoms with Crippen LogP contribution in [0.2, 0.25) is 0 Å². The first kappa shape index (κ1) is 77.1. The molecule has 0 radical (unpaired) electrons. The molecular formula is C66H80F3N11O16S3. The number of nitrogens with two attached hydrogens (primary N) is 2. The van der Waals surface area contributed by atoms with Crippen LogP contribution < -0.4 is 56.3 Å². The zero-order chi connectivity index (χ0) is 72.4. The molecule has 0 spiro atoms. The summed E-state index contributed by atoms with van der Waals surface area (Å²) < 4.78 is 142. The first-order valence-electron chi connectivity index (χ1n) is 31.2. The molecule has 27 nitrogen and oxygen atoms in total. The number of nitrogens with one attached hydrogen (secondary N) is 6. The molecule has 6 amide bonds. The SMILES string of the molecule is CCS(=O)(=O)NCc1ccc(-c2ccc(N3C[C@H](CN)OC3=O)cc2F)cc1.CCS(=O)(=O)NCc1ccc(-c2ccc(N3C[C@H](CNC(=O)CN)OC3=O)cc2F)cc1.CCS(=O)(=O)NCc1ccc(-c2ccc(N3C[C@H](CNC(=O)CNC(=O)OC(C)(C)C)OC3=O)cc2F)cc1. The number of sulfonamides is 3. The normalized spacial score (nSPS) is 16.2. The predicted octanol–water partition coefficient (Wildman–Crippen LogP) is 6.45. The van der Waals surface area contributed by atoms with Gasteiger partial charge in [-0.05, 0) is 130 Å². The fourth-order valence-corrected chi connectivity index (χ4v) is 11.4. The van der Waals surface area contributed by atoms with Crippen LogP contribution in [0.1, 0.15) is 58.2 Å². The Morgan fingerprint density at radius 2 is 0.798 bits per heavy atom. The summed E-state index contributed by atoms with van der Waals surface area (Å²) in [7, 11) is -9.89. The van der Waals surface area contributed by atoms with Crippen LogP contribution in [0.3, 0.4) is 0 Å². The number of benzene rings is 6. The average molecular weight is 1440 g/mol. The van der Waals surface area contributed by atoms with E-state index in [4.69, 9.17) is 30.4 Å². The van der Waals surface area contributed by atoms with Crippen molar-refractivity contribution in [2.75, 3.05) is 84.3 Å². The third kappa shape index (κ3) is 22.9. The molecule has 3 aliphatic rings. The summed E-state index contributed by atoms with van der Waals surface area (Å²) >= 11 is 0. The van der Waals surface area contributed by atoms with Crippen LogP contribution in [0.5, 0.6) is 0 Å². The number of alkyl carbamates (subject to hydrolysis) is 1. The molecule has 99 heavy (non-hydrogen) atoms. The Hall–Kier alpha value is -9.22. The van der Waals surface area contributed by atoms with Gasteiger partial charge in [-0.25, -0.2) is 71.8 Å². The van der Waals surface area contributed by atoms with Gasteiger partial charge in [0, 0.05) is 42.9 Å². The molecule has 534 valence electrons. The summed E-state index contributed by atoms with van der Waals surface area (Å²) in [6.45, 7) is 10.7. The molecule has 10 N–H and O–H groups in total. The largest absolute Gasteiger partial charge is 0.444 e. The second kappa shape index (κ2) is 34.5. The Morgan fingerprint density at radius 1 is 0.485 bits per heavy atom. The Kier molecular flexibility index (Phi) is 26.9. The van der Waals surface area contributed by atoms with Gasteiger partial charge in [0.2, 0.25) is 41.9 Å². The minimum Gasteiger partial charge on any atom is -0.444 e. The van der Waals surface area contributed by atoms with Crippen LogP contribution in [0.25, 0.3) is 33.4 Å². The van der Waals surface area contributed by atoms with E-state index in [0.29, 0.717) is 50.4 Å². The number of carbonyl (C=O) groups excluding carboxylic acids is 6. The molecular weight excluding hydrogens is 1360 g/mol. The zero-order valence-corrected chi connectivity index (χ0v) is 57.6. The number of cyclic esters (lactones) is 3. The highest BCUT2D eigenvalue weighted by Gasteiger charge is 2.35. The lowest BCUT2D eigenvalue weighted by Crippen LogP contribution is -2.42. The number of ether oxygens (including phenoxy) is 4. The molecule has 0 aromatic heterocycles. The number of carbonyl (C=O) groups is 6. The summed E-state index contributed by atoms with van der Waals surface area (Å²) in [6.07, 6.45) is -4.18. The second-order valence-electron chi connectivity index (χ2n) is 23.5. The van der Waals surface area contributed by atoms with Gasteiger partial charge < -0.3 is 46.4 Å². The molecule has 0 saturated carbocycles. The van der Waals surface area contributed by atoms with Crippen molar-refractivity contribution < 1.29 is 86.1 Å². The molecule has 6 aromatic rings. The topological polar surface area (TPSA) is 376 Å². The van der Waals surface area contributed by atoms with Crippen LogP contribution >= 0.6 is 0 Å².